The van der Waals surface area contributed by atoms with Gasteiger partial charge in [0.15, 0.2) is 0 Å². The zero-order chi connectivity index (χ0) is 31.5. The summed E-state index contributed by atoms with van der Waals surface area (Å²) in [7, 11) is 3.10. The number of anilines is 1. The maximum atomic E-state index is 12.9. The van der Waals surface area contributed by atoms with E-state index in [4.69, 9.17) is 32.9 Å². The highest BCUT2D eigenvalue weighted by molar-refractivity contribution is 6.39. The standard InChI is InChI=1S/C32H29Cl2N7O4/c1-40-30(43)21(11-12-36-40)28(42)37-22-8-4-6-19(27(22)34)18-5-3-7-20(26(18)33)23-13-17-9-10-24(25(17)29(38-23)45-2)41-15-32(16-41)14-35-31(44)39-32/h3-8,11-13,24H,9-10,14-16H2,1-2H3,(H,37,42)(H2,35,39,44)/t24-/m0/s1. The van der Waals surface area contributed by atoms with Gasteiger partial charge in [0.05, 0.1) is 34.1 Å². The molecule has 45 heavy (non-hydrogen) atoms. The van der Waals surface area contributed by atoms with Crippen LogP contribution in [0.5, 0.6) is 5.88 Å². The molecule has 2 aromatic heterocycles. The summed E-state index contributed by atoms with van der Waals surface area (Å²) in [6.45, 7) is 2.18. The minimum atomic E-state index is -0.595. The van der Waals surface area contributed by atoms with Crippen LogP contribution in [0, 0.1) is 0 Å². The van der Waals surface area contributed by atoms with Crippen LogP contribution in [0.2, 0.25) is 10.0 Å². The molecule has 4 heterocycles. The van der Waals surface area contributed by atoms with E-state index in [1.165, 1.54) is 19.3 Å². The molecule has 3 aliphatic rings. The average Bonchev–Trinajstić information content (AvgIpc) is 3.62. The molecule has 2 saturated heterocycles. The molecule has 1 atom stereocenters. The number of halogens is 2. The number of nitrogens with zero attached hydrogens (tertiary/aromatic N) is 4. The molecule has 7 rings (SSSR count). The Kier molecular flexibility index (Phi) is 7.26. The van der Waals surface area contributed by atoms with Gasteiger partial charge in [-0.25, -0.2) is 14.5 Å². The van der Waals surface area contributed by atoms with Gasteiger partial charge in [0.1, 0.15) is 5.56 Å². The molecule has 2 aliphatic heterocycles. The summed E-state index contributed by atoms with van der Waals surface area (Å²) in [5.41, 5.74) is 4.46. The van der Waals surface area contributed by atoms with Gasteiger partial charge in [-0.3, -0.25) is 14.5 Å². The monoisotopic (exact) mass is 645 g/mol. The van der Waals surface area contributed by atoms with Gasteiger partial charge in [-0.05, 0) is 36.6 Å². The number of hydrogen-bond acceptors (Lipinski definition) is 7. The zero-order valence-electron chi connectivity index (χ0n) is 24.5. The van der Waals surface area contributed by atoms with Crippen LogP contribution in [0.4, 0.5) is 10.5 Å². The number of urea groups is 1. The molecular weight excluding hydrogens is 617 g/mol. The number of pyridine rings is 1. The third kappa shape index (κ3) is 5.01. The molecule has 230 valence electrons. The normalized spacial score (nSPS) is 18.2. The summed E-state index contributed by atoms with van der Waals surface area (Å²) in [6, 6.07) is 14.4. The summed E-state index contributed by atoms with van der Waals surface area (Å²) in [4.78, 5) is 44.3. The molecule has 1 aliphatic carbocycles. The first-order valence-electron chi connectivity index (χ1n) is 14.5. The van der Waals surface area contributed by atoms with Crippen LogP contribution in [0.25, 0.3) is 22.4 Å². The maximum absolute atomic E-state index is 12.9. The number of aromatic nitrogens is 3. The predicted molar refractivity (Wildman–Crippen MR) is 171 cm³/mol. The van der Waals surface area contributed by atoms with E-state index >= 15 is 0 Å². The molecular formula is C32H29Cl2N7O4. The maximum Gasteiger partial charge on any atom is 0.315 e. The number of carbonyl (C=O) groups is 2. The molecule has 2 aromatic carbocycles. The average molecular weight is 647 g/mol. The Bertz CT molecular complexity index is 1940. The second-order valence-electron chi connectivity index (χ2n) is 11.6. The van der Waals surface area contributed by atoms with Gasteiger partial charge in [0.25, 0.3) is 11.5 Å². The molecule has 0 unspecified atom stereocenters. The van der Waals surface area contributed by atoms with Gasteiger partial charge >= 0.3 is 6.03 Å². The lowest BCUT2D eigenvalue weighted by atomic mass is 9.88. The van der Waals surface area contributed by atoms with Crippen LogP contribution in [-0.2, 0) is 13.5 Å². The number of carbonyl (C=O) groups excluding carboxylic acids is 2. The van der Waals surface area contributed by atoms with Crippen LogP contribution in [0.15, 0.2) is 59.5 Å². The van der Waals surface area contributed by atoms with E-state index < -0.39 is 11.5 Å². The van der Waals surface area contributed by atoms with Crippen molar-refractivity contribution in [1.82, 2.24) is 30.3 Å². The third-order valence-electron chi connectivity index (χ3n) is 8.80. The second kappa shape index (κ2) is 11.2. The highest BCUT2D eigenvalue weighted by Crippen LogP contribution is 2.47. The molecule has 1 spiro atoms. The quantitative estimate of drug-likeness (QED) is 0.283. The molecule has 0 bridgehead atoms. The van der Waals surface area contributed by atoms with E-state index in [-0.39, 0.29) is 28.2 Å². The van der Waals surface area contributed by atoms with Gasteiger partial charge in [-0.2, -0.15) is 5.10 Å². The van der Waals surface area contributed by atoms with E-state index in [2.05, 4.69) is 32.0 Å². The van der Waals surface area contributed by atoms with Crippen molar-refractivity contribution >= 4 is 40.8 Å². The molecule has 0 radical (unpaired) electrons. The fourth-order valence-electron chi connectivity index (χ4n) is 6.60. The van der Waals surface area contributed by atoms with Crippen molar-refractivity contribution in [2.75, 3.05) is 32.1 Å². The van der Waals surface area contributed by atoms with E-state index in [1.54, 1.807) is 19.2 Å². The van der Waals surface area contributed by atoms with Gasteiger partial charge in [0.2, 0.25) is 5.88 Å². The summed E-state index contributed by atoms with van der Waals surface area (Å²) in [5, 5.41) is 13.3. The predicted octanol–water partition coefficient (Wildman–Crippen LogP) is 4.43. The smallest absolute Gasteiger partial charge is 0.315 e. The van der Waals surface area contributed by atoms with Crippen molar-refractivity contribution in [2.45, 2.75) is 24.4 Å². The number of nitrogens with one attached hydrogen (secondary N) is 3. The molecule has 4 aromatic rings. The molecule has 11 nitrogen and oxygen atoms in total. The number of amides is 3. The van der Waals surface area contributed by atoms with Gasteiger partial charge in [-0.1, -0.05) is 53.5 Å². The first-order chi connectivity index (χ1) is 21.7. The lowest BCUT2D eigenvalue weighted by Crippen LogP contribution is -2.69. The van der Waals surface area contributed by atoms with Crippen molar-refractivity contribution in [3.8, 4) is 28.3 Å². The van der Waals surface area contributed by atoms with Crippen molar-refractivity contribution in [1.29, 1.82) is 0 Å². The molecule has 3 amide bonds. The lowest BCUT2D eigenvalue weighted by Gasteiger charge is -2.50. The Morgan fingerprint density at radius 3 is 2.53 bits per heavy atom. The first kappa shape index (κ1) is 29.3. The summed E-state index contributed by atoms with van der Waals surface area (Å²) >= 11 is 13.9. The van der Waals surface area contributed by atoms with Crippen LogP contribution < -0.4 is 26.2 Å². The minimum Gasteiger partial charge on any atom is -0.481 e. The van der Waals surface area contributed by atoms with E-state index in [0.717, 1.165) is 41.7 Å². The van der Waals surface area contributed by atoms with E-state index in [1.807, 2.05) is 24.3 Å². The van der Waals surface area contributed by atoms with Crippen molar-refractivity contribution in [2.24, 2.45) is 7.05 Å². The number of hydrogen-bond donors (Lipinski definition) is 3. The Morgan fingerprint density at radius 1 is 1.07 bits per heavy atom. The number of likely N-dealkylation sites (tertiary alicyclic amines) is 1. The number of methoxy groups -OCH3 is 1. The van der Waals surface area contributed by atoms with Gasteiger partial charge in [0, 0.05) is 61.2 Å². The molecule has 13 heteroatoms. The molecule has 0 saturated carbocycles. The topological polar surface area (TPSA) is 130 Å². The van der Waals surface area contributed by atoms with Crippen molar-refractivity contribution < 1.29 is 14.3 Å². The summed E-state index contributed by atoms with van der Waals surface area (Å²) in [5.74, 6) is -0.0336. The van der Waals surface area contributed by atoms with E-state index in [0.29, 0.717) is 45.5 Å². The lowest BCUT2D eigenvalue weighted by molar-refractivity contribution is 0.0248. The van der Waals surface area contributed by atoms with Crippen LogP contribution in [0.3, 0.4) is 0 Å². The number of aryl methyl sites for hydroxylation is 2. The van der Waals surface area contributed by atoms with E-state index in [9.17, 15) is 14.4 Å². The third-order valence-corrected chi connectivity index (χ3v) is 9.62. The Hall–Kier alpha value is -4.45. The number of fused-ring (bicyclic) bond motifs is 1. The van der Waals surface area contributed by atoms with Crippen LogP contribution >= 0.6 is 23.2 Å². The number of ether oxygens (including phenoxy) is 1. The Balaban J connectivity index is 1.18. The Morgan fingerprint density at radius 2 is 1.80 bits per heavy atom. The van der Waals surface area contributed by atoms with Crippen LogP contribution in [0.1, 0.15) is 33.9 Å². The van der Waals surface area contributed by atoms with Gasteiger partial charge < -0.3 is 20.7 Å². The Labute approximate surface area is 268 Å². The fourth-order valence-corrected chi connectivity index (χ4v) is 7.20. The summed E-state index contributed by atoms with van der Waals surface area (Å²) < 4.78 is 6.92. The summed E-state index contributed by atoms with van der Waals surface area (Å²) in [6.07, 6.45) is 3.18. The SMILES string of the molecule is COc1nc(-c2cccc(-c3cccc(NC(=O)c4ccnn(C)c4=O)c3Cl)c2Cl)cc2c1[C@@H](N1CC3(CNC(=O)N3)C1)CC2. The van der Waals surface area contributed by atoms with Gasteiger partial charge in [-0.15, -0.1) is 0 Å². The van der Waals surface area contributed by atoms with Crippen LogP contribution in [-0.4, -0.2) is 63.9 Å². The first-order valence-corrected chi connectivity index (χ1v) is 15.2. The fraction of sp³-hybridized carbons (Fsp3) is 0.281. The number of rotatable bonds is 6. The van der Waals surface area contributed by atoms with Crippen molar-refractivity contribution in [3.63, 3.8) is 0 Å². The zero-order valence-corrected chi connectivity index (χ0v) is 26.0. The molecule has 2 fully saturated rings. The largest absolute Gasteiger partial charge is 0.481 e. The molecule has 3 N–H and O–H groups in total. The highest BCUT2D eigenvalue weighted by Gasteiger charge is 2.51. The highest BCUT2D eigenvalue weighted by atomic mass is 35.5. The van der Waals surface area contributed by atoms with Crippen molar-refractivity contribution in [3.05, 3.63) is 91.8 Å². The minimum absolute atomic E-state index is 0.0520. The second-order valence-corrected chi connectivity index (χ2v) is 12.4. The number of benzene rings is 2.